The predicted octanol–water partition coefficient (Wildman–Crippen LogP) is 2.98. The molecular weight excluding hydrogens is 522 g/mol. The van der Waals surface area contributed by atoms with E-state index in [9.17, 15) is 4.79 Å². The van der Waals surface area contributed by atoms with E-state index in [1.165, 1.54) is 24.4 Å². The lowest BCUT2D eigenvalue weighted by Gasteiger charge is -2.53. The van der Waals surface area contributed by atoms with Crippen molar-refractivity contribution < 1.29 is 4.79 Å². The molecule has 3 N–H and O–H groups in total. The molecule has 10 nitrogen and oxygen atoms in total. The highest BCUT2D eigenvalue weighted by Gasteiger charge is 2.38. The highest BCUT2D eigenvalue weighted by atomic mass is 35.5. The van der Waals surface area contributed by atoms with Crippen molar-refractivity contribution in [2.24, 2.45) is 0 Å². The number of piperazine rings is 1. The largest absolute Gasteiger partial charge is 0.354 e. The van der Waals surface area contributed by atoms with Gasteiger partial charge in [-0.3, -0.25) is 14.6 Å². The molecule has 3 aliphatic rings. The summed E-state index contributed by atoms with van der Waals surface area (Å²) in [6.45, 7) is 12.5. The third-order valence-electron chi connectivity index (χ3n) is 7.57. The summed E-state index contributed by atoms with van der Waals surface area (Å²) in [5.41, 5.74) is 1.52. The molecule has 38 heavy (non-hydrogen) atoms. The van der Waals surface area contributed by atoms with Gasteiger partial charge in [0, 0.05) is 70.5 Å². The summed E-state index contributed by atoms with van der Waals surface area (Å²) in [4.78, 5) is 34.5. The van der Waals surface area contributed by atoms with Crippen molar-refractivity contribution >= 4 is 51.3 Å². The third kappa shape index (κ3) is 5.34. The van der Waals surface area contributed by atoms with E-state index >= 15 is 0 Å². The zero-order valence-electron chi connectivity index (χ0n) is 21.6. The zero-order chi connectivity index (χ0) is 26.2. The van der Waals surface area contributed by atoms with Crippen molar-refractivity contribution in [1.82, 2.24) is 30.1 Å². The average Bonchev–Trinajstić information content (AvgIpc) is 3.30. The van der Waals surface area contributed by atoms with Crippen LogP contribution >= 0.6 is 22.9 Å². The zero-order valence-corrected chi connectivity index (χ0v) is 23.1. The van der Waals surface area contributed by atoms with Crippen LogP contribution in [0.4, 0.5) is 22.5 Å². The van der Waals surface area contributed by atoms with Crippen LogP contribution in [0.3, 0.4) is 0 Å². The van der Waals surface area contributed by atoms with Crippen LogP contribution in [0.2, 0.25) is 5.02 Å². The highest BCUT2D eigenvalue weighted by molar-refractivity contribution is 7.17. The summed E-state index contributed by atoms with van der Waals surface area (Å²) in [5.74, 6) is 2.03. The summed E-state index contributed by atoms with van der Waals surface area (Å²) >= 11 is 7.53. The van der Waals surface area contributed by atoms with Gasteiger partial charge in [0.1, 0.15) is 22.3 Å². The van der Waals surface area contributed by atoms with Crippen LogP contribution in [0.5, 0.6) is 0 Å². The first-order chi connectivity index (χ1) is 18.4. The maximum absolute atomic E-state index is 12.8. The fourth-order valence-electron chi connectivity index (χ4n) is 5.15. The van der Waals surface area contributed by atoms with Crippen LogP contribution in [0, 0.1) is 13.8 Å². The van der Waals surface area contributed by atoms with Crippen molar-refractivity contribution in [2.45, 2.75) is 25.9 Å². The number of thiazole rings is 1. The van der Waals surface area contributed by atoms with E-state index < -0.39 is 0 Å². The third-order valence-corrected chi connectivity index (χ3v) is 8.80. The van der Waals surface area contributed by atoms with Gasteiger partial charge < -0.3 is 20.9 Å². The molecule has 1 amide bonds. The van der Waals surface area contributed by atoms with E-state index in [4.69, 9.17) is 16.6 Å². The fraction of sp³-hybridized carbons (Fsp3) is 0.462. The van der Waals surface area contributed by atoms with Gasteiger partial charge in [-0.15, -0.1) is 0 Å². The minimum Gasteiger partial charge on any atom is -0.354 e. The Morgan fingerprint density at radius 2 is 1.87 bits per heavy atom. The Labute approximate surface area is 231 Å². The number of para-hydroxylation sites is 1. The highest BCUT2D eigenvalue weighted by Crippen LogP contribution is 2.29. The first kappa shape index (κ1) is 25.4. The Balaban J connectivity index is 1.06. The van der Waals surface area contributed by atoms with Gasteiger partial charge in [-0.1, -0.05) is 35.1 Å². The second-order valence-electron chi connectivity index (χ2n) is 10.1. The van der Waals surface area contributed by atoms with Gasteiger partial charge in [0.25, 0.3) is 5.91 Å². The van der Waals surface area contributed by atoms with Crippen LogP contribution < -0.4 is 20.9 Å². The van der Waals surface area contributed by atoms with Crippen LogP contribution in [0.15, 0.2) is 30.5 Å². The Morgan fingerprint density at radius 3 is 2.58 bits per heavy atom. The Kier molecular flexibility index (Phi) is 7.19. The number of hydrogen-bond donors (Lipinski definition) is 3. The van der Waals surface area contributed by atoms with Crippen molar-refractivity contribution in [2.75, 3.05) is 67.9 Å². The number of carbonyl (C=O) groups excluding carboxylic acids is 1. The molecule has 5 heterocycles. The van der Waals surface area contributed by atoms with Gasteiger partial charge in [-0.2, -0.15) is 0 Å². The Hall–Kier alpha value is -2.83. The number of amides is 1. The van der Waals surface area contributed by atoms with Crippen LogP contribution in [-0.2, 0) is 0 Å². The van der Waals surface area contributed by atoms with Gasteiger partial charge >= 0.3 is 0 Å². The molecule has 12 heteroatoms. The molecule has 2 aromatic heterocycles. The molecule has 0 unspecified atom stereocenters. The first-order valence-corrected chi connectivity index (χ1v) is 14.2. The topological polar surface area (TPSA) is 102 Å². The molecule has 3 aromatic rings. The average molecular weight is 554 g/mol. The monoisotopic (exact) mass is 553 g/mol. The van der Waals surface area contributed by atoms with E-state index in [2.05, 4.69) is 40.6 Å². The number of aryl methyl sites for hydroxylation is 2. The summed E-state index contributed by atoms with van der Waals surface area (Å²) in [7, 11) is 0. The quantitative estimate of drug-likeness (QED) is 0.407. The first-order valence-electron chi connectivity index (χ1n) is 13.0. The van der Waals surface area contributed by atoms with Crippen LogP contribution in [0.1, 0.15) is 21.1 Å². The summed E-state index contributed by atoms with van der Waals surface area (Å²) < 4.78 is 0. The Bertz CT molecular complexity index is 1300. The second kappa shape index (κ2) is 10.7. The molecule has 0 aliphatic carbocycles. The minimum absolute atomic E-state index is 0.247. The van der Waals surface area contributed by atoms with Crippen molar-refractivity contribution in [3.05, 3.63) is 51.7 Å². The molecule has 0 atom stereocenters. The number of benzene rings is 1. The van der Waals surface area contributed by atoms with Gasteiger partial charge in [-0.05, 0) is 25.5 Å². The summed E-state index contributed by atoms with van der Waals surface area (Å²) in [6, 6.07) is 8.91. The number of nitrogens with zero attached hydrogens (tertiary/aromatic N) is 6. The second-order valence-corrected chi connectivity index (χ2v) is 11.6. The van der Waals surface area contributed by atoms with E-state index in [0.717, 1.165) is 56.7 Å². The SMILES string of the molecule is Cc1nc(Nc2ncc(C(=O)Nc3c(C)cccc3Cl)s2)cc(N2CCN(C3CN(C4CNC4)C3)CC2)n1. The lowest BCUT2D eigenvalue weighted by molar-refractivity contribution is -0.0121. The van der Waals surface area contributed by atoms with Crippen molar-refractivity contribution in [3.8, 4) is 0 Å². The fourth-order valence-corrected chi connectivity index (χ4v) is 6.14. The summed E-state index contributed by atoms with van der Waals surface area (Å²) in [5, 5.41) is 10.6. The predicted molar refractivity (Wildman–Crippen MR) is 152 cm³/mol. The Morgan fingerprint density at radius 1 is 1.08 bits per heavy atom. The maximum Gasteiger partial charge on any atom is 0.267 e. The molecule has 3 saturated heterocycles. The molecule has 6 rings (SSSR count). The molecule has 3 aliphatic heterocycles. The van der Waals surface area contributed by atoms with Gasteiger partial charge in [0.2, 0.25) is 0 Å². The molecular formula is C26H32ClN9OS. The van der Waals surface area contributed by atoms with Crippen LogP contribution in [-0.4, -0.2) is 95.1 Å². The van der Waals surface area contributed by atoms with Gasteiger partial charge in [-0.25, -0.2) is 15.0 Å². The molecule has 0 bridgehead atoms. The van der Waals surface area contributed by atoms with Gasteiger partial charge in [0.15, 0.2) is 5.13 Å². The number of nitrogens with one attached hydrogen (secondary N) is 3. The minimum atomic E-state index is -0.247. The molecule has 0 radical (unpaired) electrons. The maximum atomic E-state index is 12.8. The van der Waals surface area contributed by atoms with E-state index in [-0.39, 0.29) is 5.91 Å². The number of aromatic nitrogens is 3. The molecule has 0 saturated carbocycles. The normalized spacial score (nSPS) is 19.2. The number of likely N-dealkylation sites (tertiary alicyclic amines) is 1. The molecule has 3 fully saturated rings. The van der Waals surface area contributed by atoms with E-state index in [1.54, 1.807) is 12.3 Å². The van der Waals surface area contributed by atoms with Crippen molar-refractivity contribution in [3.63, 3.8) is 0 Å². The van der Waals surface area contributed by atoms with Crippen LogP contribution in [0.25, 0.3) is 0 Å². The molecule has 1 aromatic carbocycles. The molecule has 200 valence electrons. The van der Waals surface area contributed by atoms with Gasteiger partial charge in [0.05, 0.1) is 16.9 Å². The lowest BCUT2D eigenvalue weighted by Crippen LogP contribution is -2.70. The van der Waals surface area contributed by atoms with Crippen molar-refractivity contribution in [1.29, 1.82) is 0 Å². The number of hydrogen-bond acceptors (Lipinski definition) is 10. The standard InChI is InChI=1S/C26H32ClN9OS/c1-16-4-3-5-20(27)24(16)33-25(37)21-13-29-26(38-21)32-22-10-23(31-17(2)30-22)35-8-6-34(7-9-35)19-14-36(15-19)18-11-28-12-18/h3-5,10,13,18-19,28H,6-9,11-12,14-15H2,1-2H3,(H,33,37)(H,29,30,31,32). The number of anilines is 4. The molecule has 0 spiro atoms. The van der Waals surface area contributed by atoms with E-state index in [1.807, 2.05) is 32.0 Å². The number of halogens is 1. The summed E-state index contributed by atoms with van der Waals surface area (Å²) in [6.07, 6.45) is 1.56. The number of rotatable bonds is 7. The lowest BCUT2D eigenvalue weighted by atomic mass is 10.00. The van der Waals surface area contributed by atoms with E-state index in [0.29, 0.717) is 38.4 Å². The smallest absolute Gasteiger partial charge is 0.267 e. The number of carbonyl (C=O) groups is 1.